The number of guanidine groups is 1. The van der Waals surface area contributed by atoms with Crippen molar-refractivity contribution in [2.45, 2.75) is 57.9 Å². The minimum Gasteiger partial charge on any atom is -0.468 e. The standard InChI is InChI=1S/C18H32N4O/c1-2-3-4-6-11-20-18(19)21-15-16(17-10-9-14-23-17)22-12-7-5-8-13-22/h9-10,14,16H,2-8,11-13,15H2,1H3,(H3,19,20,21). The number of hydrogen-bond donors (Lipinski definition) is 2. The maximum atomic E-state index is 6.01. The van der Waals surface area contributed by atoms with Crippen molar-refractivity contribution < 1.29 is 4.42 Å². The van der Waals surface area contributed by atoms with Crippen molar-refractivity contribution in [1.82, 2.24) is 10.2 Å². The molecule has 0 aromatic carbocycles. The number of aliphatic imine (C=N–C) groups is 1. The van der Waals surface area contributed by atoms with Crippen molar-refractivity contribution >= 4 is 5.96 Å². The van der Waals surface area contributed by atoms with Gasteiger partial charge in [0.1, 0.15) is 5.76 Å². The number of nitrogens with one attached hydrogen (secondary N) is 1. The van der Waals surface area contributed by atoms with Crippen molar-refractivity contribution in [3.8, 4) is 0 Å². The molecule has 1 aliphatic heterocycles. The predicted molar refractivity (Wildman–Crippen MR) is 95.5 cm³/mol. The molecule has 5 heteroatoms. The van der Waals surface area contributed by atoms with Crippen LogP contribution < -0.4 is 11.1 Å². The summed E-state index contributed by atoms with van der Waals surface area (Å²) in [6, 6.07) is 4.19. The van der Waals surface area contributed by atoms with Gasteiger partial charge < -0.3 is 15.5 Å². The molecule has 1 fully saturated rings. The van der Waals surface area contributed by atoms with Gasteiger partial charge in [-0.15, -0.1) is 0 Å². The van der Waals surface area contributed by atoms with Gasteiger partial charge in [-0.2, -0.15) is 0 Å². The highest BCUT2D eigenvalue weighted by Crippen LogP contribution is 2.25. The van der Waals surface area contributed by atoms with Gasteiger partial charge in [0.15, 0.2) is 5.96 Å². The molecular weight excluding hydrogens is 288 g/mol. The number of furan rings is 1. The summed E-state index contributed by atoms with van der Waals surface area (Å²) in [5, 5.41) is 3.22. The highest BCUT2D eigenvalue weighted by Gasteiger charge is 2.24. The molecular formula is C18H32N4O. The minimum absolute atomic E-state index is 0.200. The van der Waals surface area contributed by atoms with Crippen molar-refractivity contribution in [1.29, 1.82) is 0 Å². The topological polar surface area (TPSA) is 66.8 Å². The average molecular weight is 320 g/mol. The van der Waals surface area contributed by atoms with E-state index in [0.29, 0.717) is 12.5 Å². The zero-order valence-electron chi connectivity index (χ0n) is 14.5. The van der Waals surface area contributed by atoms with Gasteiger partial charge in [0.05, 0.1) is 18.8 Å². The zero-order valence-corrected chi connectivity index (χ0v) is 14.5. The number of nitrogens with zero attached hydrogens (tertiary/aromatic N) is 2. The predicted octanol–water partition coefficient (Wildman–Crippen LogP) is 3.29. The fourth-order valence-corrected chi connectivity index (χ4v) is 3.11. The second kappa shape index (κ2) is 10.3. The van der Waals surface area contributed by atoms with Gasteiger partial charge in [-0.3, -0.25) is 9.89 Å². The van der Waals surface area contributed by atoms with Gasteiger partial charge in [-0.25, -0.2) is 0 Å². The molecule has 1 aromatic heterocycles. The monoisotopic (exact) mass is 320 g/mol. The number of hydrogen-bond acceptors (Lipinski definition) is 3. The van der Waals surface area contributed by atoms with E-state index in [9.17, 15) is 0 Å². The van der Waals surface area contributed by atoms with Crippen LogP contribution in [0.4, 0.5) is 0 Å². The normalized spacial score (nSPS) is 18.0. The first-order valence-electron chi connectivity index (χ1n) is 9.12. The van der Waals surface area contributed by atoms with Gasteiger partial charge in [-0.05, 0) is 44.5 Å². The number of likely N-dealkylation sites (tertiary alicyclic amines) is 1. The Morgan fingerprint density at radius 3 is 2.83 bits per heavy atom. The SMILES string of the molecule is CCCCCCNC(N)=NCC(c1ccco1)N1CCCCC1. The summed E-state index contributed by atoms with van der Waals surface area (Å²) < 4.78 is 5.63. The van der Waals surface area contributed by atoms with Crippen molar-refractivity contribution in [3.63, 3.8) is 0 Å². The summed E-state index contributed by atoms with van der Waals surface area (Å²) in [5.41, 5.74) is 6.01. The van der Waals surface area contributed by atoms with Crippen LogP contribution in [0, 0.1) is 0 Å². The molecule has 1 saturated heterocycles. The molecule has 2 rings (SSSR count). The van der Waals surface area contributed by atoms with E-state index in [1.165, 1.54) is 38.5 Å². The van der Waals surface area contributed by atoms with Gasteiger partial charge in [0.2, 0.25) is 0 Å². The highest BCUT2D eigenvalue weighted by molar-refractivity contribution is 5.77. The lowest BCUT2D eigenvalue weighted by atomic mass is 10.1. The number of rotatable bonds is 9. The second-order valence-electron chi connectivity index (χ2n) is 6.34. The fraction of sp³-hybridized carbons (Fsp3) is 0.722. The van der Waals surface area contributed by atoms with Gasteiger partial charge in [0.25, 0.3) is 0 Å². The Morgan fingerprint density at radius 1 is 1.30 bits per heavy atom. The maximum Gasteiger partial charge on any atom is 0.188 e. The first-order valence-corrected chi connectivity index (χ1v) is 9.12. The number of piperidine rings is 1. The van der Waals surface area contributed by atoms with E-state index in [0.717, 1.165) is 31.8 Å². The highest BCUT2D eigenvalue weighted by atomic mass is 16.3. The molecule has 130 valence electrons. The molecule has 0 aliphatic carbocycles. The third kappa shape index (κ3) is 6.26. The van der Waals surface area contributed by atoms with E-state index in [4.69, 9.17) is 10.2 Å². The molecule has 1 unspecified atom stereocenters. The van der Waals surface area contributed by atoms with Crippen LogP contribution >= 0.6 is 0 Å². The number of unbranched alkanes of at least 4 members (excludes halogenated alkanes) is 3. The molecule has 1 aromatic rings. The average Bonchev–Trinajstić information content (AvgIpc) is 3.10. The zero-order chi connectivity index (χ0) is 16.3. The fourth-order valence-electron chi connectivity index (χ4n) is 3.11. The molecule has 2 heterocycles. The Balaban J connectivity index is 1.83. The Kier molecular flexibility index (Phi) is 8.01. The molecule has 0 spiro atoms. The van der Waals surface area contributed by atoms with Crippen molar-refractivity contribution in [2.24, 2.45) is 10.7 Å². The van der Waals surface area contributed by atoms with Crippen molar-refractivity contribution in [3.05, 3.63) is 24.2 Å². The van der Waals surface area contributed by atoms with Crippen LogP contribution in [0.3, 0.4) is 0 Å². The van der Waals surface area contributed by atoms with Crippen LogP contribution in [0.15, 0.2) is 27.8 Å². The van der Waals surface area contributed by atoms with E-state index < -0.39 is 0 Å². The van der Waals surface area contributed by atoms with E-state index in [-0.39, 0.29) is 6.04 Å². The molecule has 1 atom stereocenters. The lowest BCUT2D eigenvalue weighted by Crippen LogP contribution is -2.37. The first kappa shape index (κ1) is 17.9. The molecule has 0 radical (unpaired) electrons. The maximum absolute atomic E-state index is 6.01. The Labute approximate surface area is 140 Å². The minimum atomic E-state index is 0.200. The van der Waals surface area contributed by atoms with Crippen LogP contribution in [0.25, 0.3) is 0 Å². The van der Waals surface area contributed by atoms with E-state index in [1.807, 2.05) is 12.1 Å². The summed E-state index contributed by atoms with van der Waals surface area (Å²) in [6.45, 7) is 6.01. The molecule has 3 N–H and O–H groups in total. The Bertz CT molecular complexity index is 438. The smallest absolute Gasteiger partial charge is 0.188 e. The summed E-state index contributed by atoms with van der Waals surface area (Å²) in [5.74, 6) is 1.54. The van der Waals surface area contributed by atoms with Crippen LogP contribution in [0.1, 0.15) is 63.7 Å². The van der Waals surface area contributed by atoms with E-state index in [2.05, 4.69) is 22.1 Å². The molecule has 1 aliphatic rings. The summed E-state index contributed by atoms with van der Waals surface area (Å²) in [4.78, 5) is 7.03. The van der Waals surface area contributed by atoms with Gasteiger partial charge in [-0.1, -0.05) is 32.6 Å². The Hall–Kier alpha value is -1.49. The van der Waals surface area contributed by atoms with Crippen LogP contribution in [-0.2, 0) is 0 Å². The molecule has 0 saturated carbocycles. The third-order valence-corrected chi connectivity index (χ3v) is 4.47. The summed E-state index contributed by atoms with van der Waals surface area (Å²) in [7, 11) is 0. The Morgan fingerprint density at radius 2 is 2.13 bits per heavy atom. The van der Waals surface area contributed by atoms with Gasteiger partial charge in [0, 0.05) is 6.54 Å². The lowest BCUT2D eigenvalue weighted by molar-refractivity contribution is 0.150. The molecule has 0 bridgehead atoms. The van der Waals surface area contributed by atoms with Gasteiger partial charge >= 0.3 is 0 Å². The molecule has 0 amide bonds. The summed E-state index contributed by atoms with van der Waals surface area (Å²) >= 11 is 0. The molecule has 5 nitrogen and oxygen atoms in total. The first-order chi connectivity index (χ1) is 11.3. The van der Waals surface area contributed by atoms with Crippen LogP contribution in [0.2, 0.25) is 0 Å². The molecule has 23 heavy (non-hydrogen) atoms. The lowest BCUT2D eigenvalue weighted by Gasteiger charge is -2.32. The second-order valence-corrected chi connectivity index (χ2v) is 6.34. The van der Waals surface area contributed by atoms with Crippen molar-refractivity contribution in [2.75, 3.05) is 26.2 Å². The van der Waals surface area contributed by atoms with Crippen LogP contribution in [0.5, 0.6) is 0 Å². The largest absolute Gasteiger partial charge is 0.468 e. The van der Waals surface area contributed by atoms with E-state index in [1.54, 1.807) is 6.26 Å². The van der Waals surface area contributed by atoms with Crippen LogP contribution in [-0.4, -0.2) is 37.0 Å². The number of nitrogens with two attached hydrogens (primary N) is 1. The third-order valence-electron chi connectivity index (χ3n) is 4.47. The quantitative estimate of drug-likeness (QED) is 0.416. The summed E-state index contributed by atoms with van der Waals surface area (Å²) in [6.07, 6.45) is 10.5. The van der Waals surface area contributed by atoms with E-state index >= 15 is 0 Å².